The Morgan fingerprint density at radius 2 is 1.65 bits per heavy atom. The Kier molecular flexibility index (Phi) is 5.41. The number of imide groups is 2. The third-order valence-corrected chi connectivity index (χ3v) is 4.47. The smallest absolute Gasteiger partial charge is 0.276 e. The highest BCUT2D eigenvalue weighted by molar-refractivity contribution is 9.10. The predicted molar refractivity (Wildman–Crippen MR) is 103 cm³/mol. The molecule has 1 atom stereocenters. The number of barbiturate groups is 1. The molecule has 4 amide bonds. The molecule has 0 radical (unpaired) electrons. The zero-order chi connectivity index (χ0) is 18.8. The van der Waals surface area contributed by atoms with E-state index in [-0.39, 0.29) is 0 Å². The summed E-state index contributed by atoms with van der Waals surface area (Å²) in [5.41, 5.74) is 0.725. The number of anilines is 1. The minimum atomic E-state index is -1.26. The van der Waals surface area contributed by atoms with Crippen LogP contribution in [0.3, 0.4) is 0 Å². The van der Waals surface area contributed by atoms with E-state index in [4.69, 9.17) is 23.2 Å². The summed E-state index contributed by atoms with van der Waals surface area (Å²) in [5.74, 6) is -2.70. The highest BCUT2D eigenvalue weighted by Gasteiger charge is 2.40. The van der Waals surface area contributed by atoms with Crippen LogP contribution in [0, 0.1) is 5.92 Å². The van der Waals surface area contributed by atoms with E-state index in [1.807, 2.05) is 0 Å². The lowest BCUT2D eigenvalue weighted by Crippen LogP contribution is -2.58. The molecule has 1 saturated heterocycles. The summed E-state index contributed by atoms with van der Waals surface area (Å²) in [4.78, 5) is 41.8. The fraction of sp³-hybridized carbons (Fsp3) is 0.0588. The van der Waals surface area contributed by atoms with Crippen molar-refractivity contribution in [3.05, 3.63) is 57.0 Å². The van der Waals surface area contributed by atoms with E-state index in [0.29, 0.717) is 21.4 Å². The molecular formula is C17H10BrCl2N3O3. The van der Waals surface area contributed by atoms with Gasteiger partial charge in [0.25, 0.3) is 5.91 Å². The molecule has 0 aromatic heterocycles. The van der Waals surface area contributed by atoms with Crippen LogP contribution in [0.15, 0.2) is 51.9 Å². The molecule has 0 unspecified atom stereocenters. The van der Waals surface area contributed by atoms with Crippen LogP contribution in [0.1, 0.15) is 0 Å². The Labute approximate surface area is 166 Å². The van der Waals surface area contributed by atoms with Crippen LogP contribution in [0.5, 0.6) is 0 Å². The number of carbonyl (C=O) groups excluding carboxylic acids is 3. The van der Waals surface area contributed by atoms with Gasteiger partial charge >= 0.3 is 6.03 Å². The minimum absolute atomic E-state index is 0.340. The van der Waals surface area contributed by atoms with Crippen molar-refractivity contribution < 1.29 is 14.4 Å². The third kappa shape index (κ3) is 3.95. The van der Waals surface area contributed by atoms with Gasteiger partial charge in [0.1, 0.15) is 0 Å². The maximum absolute atomic E-state index is 12.7. The van der Waals surface area contributed by atoms with Crippen molar-refractivity contribution >= 4 is 74.6 Å². The Hall–Kier alpha value is -2.22. The van der Waals surface area contributed by atoms with Gasteiger partial charge in [0, 0.05) is 20.7 Å². The zero-order valence-electron chi connectivity index (χ0n) is 12.9. The van der Waals surface area contributed by atoms with Crippen LogP contribution in [-0.4, -0.2) is 24.1 Å². The van der Waals surface area contributed by atoms with Gasteiger partial charge < -0.3 is 0 Å². The Morgan fingerprint density at radius 1 is 1.04 bits per heavy atom. The number of aliphatic imine (C=N–C) groups is 1. The molecule has 1 heterocycles. The van der Waals surface area contributed by atoms with E-state index in [0.717, 1.165) is 15.6 Å². The monoisotopic (exact) mass is 453 g/mol. The fourth-order valence-electron chi connectivity index (χ4n) is 2.33. The van der Waals surface area contributed by atoms with Gasteiger partial charge in [-0.1, -0.05) is 39.1 Å². The number of hydrogen-bond acceptors (Lipinski definition) is 4. The molecule has 9 heteroatoms. The second-order valence-electron chi connectivity index (χ2n) is 5.33. The van der Waals surface area contributed by atoms with Crippen molar-refractivity contribution in [3.8, 4) is 0 Å². The first-order chi connectivity index (χ1) is 12.3. The van der Waals surface area contributed by atoms with Crippen molar-refractivity contribution in [2.24, 2.45) is 10.9 Å². The second-order valence-corrected chi connectivity index (χ2v) is 7.12. The summed E-state index contributed by atoms with van der Waals surface area (Å²) >= 11 is 15.1. The summed E-state index contributed by atoms with van der Waals surface area (Å²) in [6.07, 6.45) is 1.16. The Morgan fingerprint density at radius 3 is 2.27 bits per heavy atom. The van der Waals surface area contributed by atoms with Crippen LogP contribution in [0.4, 0.5) is 16.2 Å². The van der Waals surface area contributed by atoms with E-state index in [2.05, 4.69) is 26.2 Å². The number of hydrogen-bond donors (Lipinski definition) is 1. The summed E-state index contributed by atoms with van der Waals surface area (Å²) in [5, 5.41) is 2.90. The molecular weight excluding hydrogens is 445 g/mol. The number of rotatable bonds is 3. The summed E-state index contributed by atoms with van der Waals surface area (Å²) in [6.45, 7) is 0. The van der Waals surface area contributed by atoms with Gasteiger partial charge in [-0.3, -0.25) is 19.9 Å². The second kappa shape index (κ2) is 7.57. The number of nitrogens with one attached hydrogen (secondary N) is 1. The van der Waals surface area contributed by atoms with Crippen molar-refractivity contribution in [2.45, 2.75) is 0 Å². The van der Waals surface area contributed by atoms with Gasteiger partial charge in [-0.25, -0.2) is 9.69 Å². The lowest BCUT2D eigenvalue weighted by atomic mass is 10.1. The molecule has 132 valence electrons. The van der Waals surface area contributed by atoms with Crippen LogP contribution < -0.4 is 10.2 Å². The van der Waals surface area contributed by atoms with Crippen molar-refractivity contribution in [3.63, 3.8) is 0 Å². The Balaban J connectivity index is 1.90. The molecule has 2 aromatic rings. The maximum Gasteiger partial charge on any atom is 0.335 e. The first-order valence-corrected chi connectivity index (χ1v) is 8.84. The number of carbonyl (C=O) groups is 3. The standard InChI is InChI=1S/C17H10BrCl2N3O3/c18-9-1-3-13(4-2-9)23-16(25)14(15(24)22-17(23)26)8-21-12-6-10(19)5-11(20)7-12/h1-8,14H,(H,22,24,26)/t14-/m0/s1. The summed E-state index contributed by atoms with van der Waals surface area (Å²) in [6, 6.07) is 10.3. The van der Waals surface area contributed by atoms with Crippen LogP contribution in [-0.2, 0) is 9.59 Å². The van der Waals surface area contributed by atoms with Gasteiger partial charge in [-0.2, -0.15) is 0 Å². The van der Waals surface area contributed by atoms with Crippen molar-refractivity contribution in [1.29, 1.82) is 0 Å². The van der Waals surface area contributed by atoms with E-state index in [1.165, 1.54) is 18.2 Å². The average molecular weight is 455 g/mol. The van der Waals surface area contributed by atoms with Gasteiger partial charge in [-0.15, -0.1) is 0 Å². The normalized spacial score (nSPS) is 17.7. The molecule has 0 spiro atoms. The third-order valence-electron chi connectivity index (χ3n) is 3.51. The lowest BCUT2D eigenvalue weighted by Gasteiger charge is -2.28. The lowest BCUT2D eigenvalue weighted by molar-refractivity contribution is -0.131. The van der Waals surface area contributed by atoms with Gasteiger partial charge in [0.05, 0.1) is 11.4 Å². The fourth-order valence-corrected chi connectivity index (χ4v) is 3.11. The molecule has 1 N–H and O–H groups in total. The van der Waals surface area contributed by atoms with E-state index < -0.39 is 23.8 Å². The number of amides is 4. The highest BCUT2D eigenvalue weighted by atomic mass is 79.9. The van der Waals surface area contributed by atoms with Gasteiger partial charge in [0.15, 0.2) is 5.92 Å². The zero-order valence-corrected chi connectivity index (χ0v) is 16.0. The molecule has 1 aliphatic heterocycles. The molecule has 0 aliphatic carbocycles. The van der Waals surface area contributed by atoms with Crippen molar-refractivity contribution in [2.75, 3.05) is 4.90 Å². The molecule has 0 bridgehead atoms. The predicted octanol–water partition coefficient (Wildman–Crippen LogP) is 4.36. The molecule has 26 heavy (non-hydrogen) atoms. The first kappa shape index (κ1) is 18.6. The van der Waals surface area contributed by atoms with Crippen LogP contribution >= 0.6 is 39.1 Å². The molecule has 6 nitrogen and oxygen atoms in total. The molecule has 1 fully saturated rings. The van der Waals surface area contributed by atoms with E-state index in [9.17, 15) is 14.4 Å². The molecule has 2 aromatic carbocycles. The molecule has 3 rings (SSSR count). The number of benzene rings is 2. The first-order valence-electron chi connectivity index (χ1n) is 7.30. The summed E-state index contributed by atoms with van der Waals surface area (Å²) < 4.78 is 0.790. The average Bonchev–Trinajstić information content (AvgIpc) is 2.55. The number of urea groups is 1. The van der Waals surface area contributed by atoms with Crippen molar-refractivity contribution in [1.82, 2.24) is 5.32 Å². The molecule has 0 saturated carbocycles. The molecule has 1 aliphatic rings. The van der Waals surface area contributed by atoms with E-state index in [1.54, 1.807) is 24.3 Å². The number of halogens is 3. The highest BCUT2D eigenvalue weighted by Crippen LogP contribution is 2.26. The topological polar surface area (TPSA) is 78.8 Å². The van der Waals surface area contributed by atoms with E-state index >= 15 is 0 Å². The number of nitrogens with zero attached hydrogens (tertiary/aromatic N) is 2. The summed E-state index contributed by atoms with van der Waals surface area (Å²) in [7, 11) is 0. The van der Waals surface area contributed by atoms with Crippen LogP contribution in [0.25, 0.3) is 0 Å². The largest absolute Gasteiger partial charge is 0.335 e. The quantitative estimate of drug-likeness (QED) is 0.552. The van der Waals surface area contributed by atoms with Crippen LogP contribution in [0.2, 0.25) is 10.0 Å². The van der Waals surface area contributed by atoms with Gasteiger partial charge in [-0.05, 0) is 42.5 Å². The van der Waals surface area contributed by atoms with Gasteiger partial charge in [0.2, 0.25) is 5.91 Å². The Bertz CT molecular complexity index is 911. The SMILES string of the molecule is O=C1NC(=O)N(c2ccc(Br)cc2)C(=O)[C@H]1C=Nc1cc(Cl)cc(Cl)c1. The minimum Gasteiger partial charge on any atom is -0.276 e. The maximum atomic E-state index is 12.7.